The van der Waals surface area contributed by atoms with Gasteiger partial charge in [-0.2, -0.15) is 0 Å². The van der Waals surface area contributed by atoms with E-state index in [0.29, 0.717) is 0 Å². The van der Waals surface area contributed by atoms with Gasteiger partial charge in [0.15, 0.2) is 5.13 Å². The number of aromatic nitrogens is 2. The second kappa shape index (κ2) is 8.37. The molecule has 7 heteroatoms. The summed E-state index contributed by atoms with van der Waals surface area (Å²) in [6, 6.07) is 8.38. The van der Waals surface area contributed by atoms with E-state index in [1.165, 1.54) is 16.2 Å². The van der Waals surface area contributed by atoms with Gasteiger partial charge < -0.3 is 14.2 Å². The first-order valence-corrected chi connectivity index (χ1v) is 10.9. The fourth-order valence-corrected chi connectivity index (χ4v) is 5.10. The molecule has 0 unspecified atom stereocenters. The van der Waals surface area contributed by atoms with Crippen molar-refractivity contribution in [2.45, 2.75) is 32.2 Å². The Balaban J connectivity index is 1.57. The number of hydrogen-bond donors (Lipinski definition) is 0. The van der Waals surface area contributed by atoms with E-state index >= 15 is 0 Å². The van der Waals surface area contributed by atoms with Gasteiger partial charge in [0.1, 0.15) is 4.88 Å². The van der Waals surface area contributed by atoms with Crippen LogP contribution in [0.1, 0.15) is 33.1 Å². The molecule has 0 aliphatic carbocycles. The molecule has 5 nitrogen and oxygen atoms in total. The molecule has 4 rings (SSSR count). The standard InChI is InChI=1S/C20H23N3O2S2/c1-15-18(27-20(21-15)22-9-2-3-10-22)19(24)23(16-7-12-25-13-8-16)11-6-17-5-4-14-26-17/h2-5,9-10,14,16H,6-8,11-13H2,1H3. The summed E-state index contributed by atoms with van der Waals surface area (Å²) >= 11 is 3.22. The molecule has 1 aliphatic heterocycles. The Bertz CT molecular complexity index is 865. The van der Waals surface area contributed by atoms with Crippen LogP contribution >= 0.6 is 22.7 Å². The van der Waals surface area contributed by atoms with Crippen LogP contribution in [0.3, 0.4) is 0 Å². The van der Waals surface area contributed by atoms with Crippen LogP contribution in [0.4, 0.5) is 0 Å². The van der Waals surface area contributed by atoms with Crippen LogP contribution in [0.25, 0.3) is 5.13 Å². The van der Waals surface area contributed by atoms with Gasteiger partial charge in [-0.05, 0) is 49.8 Å². The molecule has 0 saturated carbocycles. The number of thiophene rings is 1. The highest BCUT2D eigenvalue weighted by Crippen LogP contribution is 2.26. The minimum absolute atomic E-state index is 0.104. The summed E-state index contributed by atoms with van der Waals surface area (Å²) in [5.41, 5.74) is 0.807. The second-order valence-electron chi connectivity index (χ2n) is 6.67. The highest BCUT2D eigenvalue weighted by atomic mass is 32.1. The maximum absolute atomic E-state index is 13.5. The Hall–Kier alpha value is -1.96. The molecule has 142 valence electrons. The lowest BCUT2D eigenvalue weighted by Crippen LogP contribution is -2.44. The molecule has 1 aliphatic rings. The molecule has 4 heterocycles. The Morgan fingerprint density at radius 2 is 2.07 bits per heavy atom. The van der Waals surface area contributed by atoms with E-state index in [2.05, 4.69) is 27.4 Å². The number of carbonyl (C=O) groups excluding carboxylic acids is 1. The van der Waals surface area contributed by atoms with Crippen LogP contribution in [0.5, 0.6) is 0 Å². The number of nitrogens with zero attached hydrogens (tertiary/aromatic N) is 3. The normalized spacial score (nSPS) is 15.1. The van der Waals surface area contributed by atoms with Crippen LogP contribution in [0, 0.1) is 6.92 Å². The first-order valence-electron chi connectivity index (χ1n) is 9.24. The molecule has 0 radical (unpaired) electrons. The second-order valence-corrected chi connectivity index (χ2v) is 8.68. The number of ether oxygens (including phenoxy) is 1. The predicted octanol–water partition coefficient (Wildman–Crippen LogP) is 4.17. The molecule has 3 aromatic rings. The lowest BCUT2D eigenvalue weighted by Gasteiger charge is -2.34. The maximum Gasteiger partial charge on any atom is 0.266 e. The summed E-state index contributed by atoms with van der Waals surface area (Å²) in [7, 11) is 0. The summed E-state index contributed by atoms with van der Waals surface area (Å²) in [5, 5.41) is 2.93. The summed E-state index contributed by atoms with van der Waals surface area (Å²) in [5.74, 6) is 0.104. The lowest BCUT2D eigenvalue weighted by molar-refractivity contribution is 0.0296. The van der Waals surface area contributed by atoms with Gasteiger partial charge in [-0.25, -0.2) is 4.98 Å². The van der Waals surface area contributed by atoms with E-state index in [1.807, 2.05) is 36.0 Å². The average molecular weight is 402 g/mol. The van der Waals surface area contributed by atoms with Crippen LogP contribution in [-0.2, 0) is 11.2 Å². The third-order valence-electron chi connectivity index (χ3n) is 4.88. The number of aryl methyl sites for hydroxylation is 1. The molecule has 1 saturated heterocycles. The molecule has 27 heavy (non-hydrogen) atoms. The molecule has 0 atom stereocenters. The van der Waals surface area contributed by atoms with Crippen LogP contribution in [-0.4, -0.2) is 46.2 Å². The molecule has 3 aromatic heterocycles. The molecule has 0 bridgehead atoms. The van der Waals surface area contributed by atoms with E-state index in [9.17, 15) is 4.79 Å². The lowest BCUT2D eigenvalue weighted by atomic mass is 10.1. The zero-order valence-electron chi connectivity index (χ0n) is 15.3. The van der Waals surface area contributed by atoms with Gasteiger partial charge >= 0.3 is 0 Å². The summed E-state index contributed by atoms with van der Waals surface area (Å²) in [6.45, 7) is 4.12. The van der Waals surface area contributed by atoms with Crippen molar-refractivity contribution in [2.75, 3.05) is 19.8 Å². The number of thiazole rings is 1. The third-order valence-corrected chi connectivity index (χ3v) is 6.97. The van der Waals surface area contributed by atoms with Crippen LogP contribution in [0.2, 0.25) is 0 Å². The Morgan fingerprint density at radius 3 is 2.78 bits per heavy atom. The number of rotatable bonds is 6. The van der Waals surface area contributed by atoms with E-state index in [-0.39, 0.29) is 11.9 Å². The monoisotopic (exact) mass is 401 g/mol. The predicted molar refractivity (Wildman–Crippen MR) is 109 cm³/mol. The van der Waals surface area contributed by atoms with Crippen LogP contribution in [0.15, 0.2) is 42.0 Å². The van der Waals surface area contributed by atoms with Gasteiger partial charge in [0.05, 0.1) is 5.69 Å². The van der Waals surface area contributed by atoms with E-state index in [1.54, 1.807) is 11.3 Å². The topological polar surface area (TPSA) is 47.4 Å². The summed E-state index contributed by atoms with van der Waals surface area (Å²) < 4.78 is 7.47. The third kappa shape index (κ3) is 4.15. The fraction of sp³-hybridized carbons (Fsp3) is 0.400. The van der Waals surface area contributed by atoms with Crippen molar-refractivity contribution in [3.05, 3.63) is 57.5 Å². The smallest absolute Gasteiger partial charge is 0.266 e. The SMILES string of the molecule is Cc1nc(-n2cccc2)sc1C(=O)N(CCc1cccs1)C1CCOCC1. The van der Waals surface area contributed by atoms with Gasteiger partial charge in [0.2, 0.25) is 0 Å². The average Bonchev–Trinajstić information content (AvgIpc) is 3.44. The van der Waals surface area contributed by atoms with E-state index < -0.39 is 0 Å². The first kappa shape index (κ1) is 18.4. The van der Waals surface area contributed by atoms with Gasteiger partial charge in [-0.3, -0.25) is 4.79 Å². The van der Waals surface area contributed by atoms with Gasteiger partial charge in [-0.15, -0.1) is 11.3 Å². The molecule has 0 aromatic carbocycles. The number of amides is 1. The zero-order valence-corrected chi connectivity index (χ0v) is 17.0. The molecule has 1 amide bonds. The highest BCUT2D eigenvalue weighted by molar-refractivity contribution is 7.16. The summed E-state index contributed by atoms with van der Waals surface area (Å²) in [4.78, 5) is 22.2. The zero-order chi connectivity index (χ0) is 18.6. The maximum atomic E-state index is 13.5. The molecule has 1 fully saturated rings. The van der Waals surface area contributed by atoms with Crippen molar-refractivity contribution in [1.29, 1.82) is 0 Å². The summed E-state index contributed by atoms with van der Waals surface area (Å²) in [6.07, 6.45) is 6.61. The number of carbonyl (C=O) groups is 1. The van der Waals surface area contributed by atoms with E-state index in [0.717, 1.165) is 54.7 Å². The van der Waals surface area contributed by atoms with E-state index in [4.69, 9.17) is 4.74 Å². The minimum Gasteiger partial charge on any atom is -0.381 e. The van der Waals surface area contributed by atoms with Crippen molar-refractivity contribution in [1.82, 2.24) is 14.5 Å². The van der Waals surface area contributed by atoms with Crippen molar-refractivity contribution in [3.63, 3.8) is 0 Å². The highest BCUT2D eigenvalue weighted by Gasteiger charge is 2.29. The molecular weight excluding hydrogens is 378 g/mol. The largest absolute Gasteiger partial charge is 0.381 e. The Kier molecular flexibility index (Phi) is 5.71. The van der Waals surface area contributed by atoms with Gasteiger partial charge in [-0.1, -0.05) is 17.4 Å². The minimum atomic E-state index is 0.104. The van der Waals surface area contributed by atoms with Crippen LogP contribution < -0.4 is 0 Å². The molecular formula is C20H23N3O2S2. The first-order chi connectivity index (χ1) is 13.2. The van der Waals surface area contributed by atoms with Gasteiger partial charge in [0, 0.05) is 43.1 Å². The van der Waals surface area contributed by atoms with Crippen molar-refractivity contribution in [2.24, 2.45) is 0 Å². The fourth-order valence-electron chi connectivity index (χ4n) is 3.42. The Morgan fingerprint density at radius 1 is 1.30 bits per heavy atom. The number of hydrogen-bond acceptors (Lipinski definition) is 5. The molecule has 0 spiro atoms. The quantitative estimate of drug-likeness (QED) is 0.623. The van der Waals surface area contributed by atoms with Gasteiger partial charge in [0.25, 0.3) is 5.91 Å². The van der Waals surface area contributed by atoms with Crippen molar-refractivity contribution >= 4 is 28.6 Å². The molecule has 0 N–H and O–H groups in total. The Labute approximate surface area is 167 Å². The van der Waals surface area contributed by atoms with Crippen molar-refractivity contribution in [3.8, 4) is 5.13 Å². The van der Waals surface area contributed by atoms with Crippen molar-refractivity contribution < 1.29 is 9.53 Å².